The summed E-state index contributed by atoms with van der Waals surface area (Å²) >= 11 is 17.6. The second-order valence-electron chi connectivity index (χ2n) is 4.05. The molecule has 0 N–H and O–H groups in total. The first kappa shape index (κ1) is 16.7. The number of hydrogen-bond donors (Lipinski definition) is 0. The topological polar surface area (TPSA) is 43.4 Å². The maximum absolute atomic E-state index is 11.5. The van der Waals surface area contributed by atoms with Crippen molar-refractivity contribution in [2.24, 2.45) is 0 Å². The van der Waals surface area contributed by atoms with Gasteiger partial charge in [0.2, 0.25) is 0 Å². The van der Waals surface area contributed by atoms with E-state index in [1.807, 2.05) is 0 Å². The van der Waals surface area contributed by atoms with E-state index in [0.717, 1.165) is 0 Å². The summed E-state index contributed by atoms with van der Waals surface area (Å²) in [6.07, 6.45) is 0. The normalized spacial score (nSPS) is 11.4. The second-order valence-corrected chi connectivity index (χ2v) is 7.87. The quantitative estimate of drug-likeness (QED) is 0.683. The van der Waals surface area contributed by atoms with Crippen molar-refractivity contribution in [2.45, 2.75) is 11.5 Å². The van der Waals surface area contributed by atoms with Crippen molar-refractivity contribution in [2.75, 3.05) is 0 Å². The number of rotatable bonds is 4. The lowest BCUT2D eigenvalue weighted by Crippen LogP contribution is -2.01. The third kappa shape index (κ3) is 4.41. The summed E-state index contributed by atoms with van der Waals surface area (Å²) < 4.78 is 28.5. The summed E-state index contributed by atoms with van der Waals surface area (Å²) in [4.78, 5) is -0.193. The van der Waals surface area contributed by atoms with E-state index in [-0.39, 0.29) is 22.3 Å². The van der Waals surface area contributed by atoms with Gasteiger partial charge < -0.3 is 4.74 Å². The van der Waals surface area contributed by atoms with E-state index in [1.54, 1.807) is 18.2 Å². The molecule has 21 heavy (non-hydrogen) atoms. The summed E-state index contributed by atoms with van der Waals surface area (Å²) in [6, 6.07) is 9.08. The predicted octanol–water partition coefficient (Wildman–Crippen LogP) is 5.15. The summed E-state index contributed by atoms with van der Waals surface area (Å²) in [6.45, 7) is 0.0665. The molecule has 0 atom stereocenters. The van der Waals surface area contributed by atoms with E-state index in [4.69, 9.17) is 50.2 Å². The molecule has 0 spiro atoms. The van der Waals surface area contributed by atoms with Crippen LogP contribution in [0.15, 0.2) is 41.3 Å². The van der Waals surface area contributed by atoms with Crippen LogP contribution in [0.4, 0.5) is 0 Å². The molecule has 2 rings (SSSR count). The van der Waals surface area contributed by atoms with E-state index in [0.29, 0.717) is 15.6 Å². The molecule has 0 fully saturated rings. The van der Waals surface area contributed by atoms with Gasteiger partial charge in [0.1, 0.15) is 17.3 Å². The highest BCUT2D eigenvalue weighted by Gasteiger charge is 2.18. The molecule has 3 nitrogen and oxygen atoms in total. The molecule has 0 radical (unpaired) electrons. The van der Waals surface area contributed by atoms with Gasteiger partial charge in [0.05, 0.1) is 0 Å². The lowest BCUT2D eigenvalue weighted by Gasteiger charge is -2.11. The zero-order chi connectivity index (χ0) is 15.6. The van der Waals surface area contributed by atoms with Crippen molar-refractivity contribution in [3.63, 3.8) is 0 Å². The van der Waals surface area contributed by atoms with Crippen LogP contribution in [0.2, 0.25) is 15.1 Å². The SMILES string of the molecule is O=S(=O)(Cl)c1cc(Cl)ccc1OCc1ccc(Cl)cc1Cl. The molecule has 0 bridgehead atoms. The summed E-state index contributed by atoms with van der Waals surface area (Å²) in [5, 5.41) is 1.16. The van der Waals surface area contributed by atoms with Crippen molar-refractivity contribution < 1.29 is 13.2 Å². The van der Waals surface area contributed by atoms with E-state index in [9.17, 15) is 8.42 Å². The fourth-order valence-corrected chi connectivity index (χ4v) is 3.28. The van der Waals surface area contributed by atoms with Gasteiger partial charge in [-0.15, -0.1) is 0 Å². The molecule has 8 heteroatoms. The van der Waals surface area contributed by atoms with Crippen LogP contribution in [0, 0.1) is 0 Å². The molecule has 0 saturated carbocycles. The zero-order valence-electron chi connectivity index (χ0n) is 10.3. The van der Waals surface area contributed by atoms with Crippen LogP contribution >= 0.6 is 45.5 Å². The minimum Gasteiger partial charge on any atom is -0.487 e. The van der Waals surface area contributed by atoms with Crippen LogP contribution in [0.1, 0.15) is 5.56 Å². The third-order valence-electron chi connectivity index (χ3n) is 2.57. The Bertz CT molecular complexity index is 775. The second kappa shape index (κ2) is 6.63. The summed E-state index contributed by atoms with van der Waals surface area (Å²) in [5.41, 5.74) is 0.661. The smallest absolute Gasteiger partial charge is 0.265 e. The Hall–Kier alpha value is -0.650. The van der Waals surface area contributed by atoms with Gasteiger partial charge in [0, 0.05) is 31.3 Å². The average molecular weight is 386 g/mol. The minimum atomic E-state index is -3.97. The van der Waals surface area contributed by atoms with E-state index >= 15 is 0 Å². The predicted molar refractivity (Wildman–Crippen MR) is 85.3 cm³/mol. The summed E-state index contributed by atoms with van der Waals surface area (Å²) in [5.74, 6) is 0.0976. The lowest BCUT2D eigenvalue weighted by atomic mass is 10.2. The van der Waals surface area contributed by atoms with Crippen molar-refractivity contribution in [3.8, 4) is 5.75 Å². The number of hydrogen-bond acceptors (Lipinski definition) is 3. The molecule has 0 aliphatic heterocycles. The first-order valence-electron chi connectivity index (χ1n) is 5.58. The van der Waals surface area contributed by atoms with Gasteiger partial charge in [0.25, 0.3) is 9.05 Å². The minimum absolute atomic E-state index is 0.0665. The Morgan fingerprint density at radius 3 is 2.19 bits per heavy atom. The highest BCUT2D eigenvalue weighted by Crippen LogP contribution is 2.31. The largest absolute Gasteiger partial charge is 0.487 e. The zero-order valence-corrected chi connectivity index (χ0v) is 14.2. The van der Waals surface area contributed by atoms with Gasteiger partial charge in [-0.1, -0.05) is 40.9 Å². The highest BCUT2D eigenvalue weighted by atomic mass is 35.7. The van der Waals surface area contributed by atoms with E-state index in [2.05, 4.69) is 0 Å². The van der Waals surface area contributed by atoms with Gasteiger partial charge >= 0.3 is 0 Å². The van der Waals surface area contributed by atoms with Gasteiger partial charge in [0.15, 0.2) is 0 Å². The van der Waals surface area contributed by atoms with Gasteiger partial charge in [-0.25, -0.2) is 8.42 Å². The van der Waals surface area contributed by atoms with Crippen LogP contribution in [-0.4, -0.2) is 8.42 Å². The van der Waals surface area contributed by atoms with Crippen LogP contribution in [0.25, 0.3) is 0 Å². The van der Waals surface area contributed by atoms with Gasteiger partial charge in [-0.05, 0) is 30.3 Å². The first-order chi connectivity index (χ1) is 9.77. The number of ether oxygens (including phenoxy) is 1. The van der Waals surface area contributed by atoms with Crippen LogP contribution < -0.4 is 4.74 Å². The van der Waals surface area contributed by atoms with Crippen LogP contribution in [0.5, 0.6) is 5.75 Å². The number of halogens is 4. The molecule has 112 valence electrons. The standard InChI is InChI=1S/C13H8Cl4O3S/c14-9-2-1-8(11(16)5-9)7-20-12-4-3-10(15)6-13(12)21(17,18)19/h1-6H,7H2. The fraction of sp³-hybridized carbons (Fsp3) is 0.0769. The maximum Gasteiger partial charge on any atom is 0.265 e. The molecule has 0 unspecified atom stereocenters. The van der Waals surface area contributed by atoms with Crippen molar-refractivity contribution in [3.05, 3.63) is 57.0 Å². The lowest BCUT2D eigenvalue weighted by molar-refractivity contribution is 0.298. The van der Waals surface area contributed by atoms with Crippen LogP contribution in [-0.2, 0) is 15.7 Å². The monoisotopic (exact) mass is 384 g/mol. The molecule has 0 saturated heterocycles. The molecule has 0 amide bonds. The van der Waals surface area contributed by atoms with Gasteiger partial charge in [-0.3, -0.25) is 0 Å². The van der Waals surface area contributed by atoms with Gasteiger partial charge in [-0.2, -0.15) is 0 Å². The molecule has 0 heterocycles. The Kier molecular flexibility index (Phi) is 5.28. The Morgan fingerprint density at radius 1 is 0.952 bits per heavy atom. The van der Waals surface area contributed by atoms with Crippen molar-refractivity contribution in [1.29, 1.82) is 0 Å². The maximum atomic E-state index is 11.5. The third-order valence-corrected chi connectivity index (χ3v) is 4.73. The molecule has 2 aromatic carbocycles. The molecule has 0 aromatic heterocycles. The van der Waals surface area contributed by atoms with E-state index < -0.39 is 9.05 Å². The van der Waals surface area contributed by atoms with E-state index in [1.165, 1.54) is 18.2 Å². The Morgan fingerprint density at radius 2 is 1.57 bits per heavy atom. The molecule has 0 aliphatic carbocycles. The summed E-state index contributed by atoms with van der Waals surface area (Å²) in [7, 11) is 1.39. The Labute approximate surface area is 141 Å². The highest BCUT2D eigenvalue weighted by molar-refractivity contribution is 8.13. The van der Waals surface area contributed by atoms with Crippen LogP contribution in [0.3, 0.4) is 0 Å². The molecular formula is C13H8Cl4O3S. The average Bonchev–Trinajstić information content (AvgIpc) is 2.38. The van der Waals surface area contributed by atoms with Crippen molar-refractivity contribution >= 4 is 54.5 Å². The first-order valence-corrected chi connectivity index (χ1v) is 9.02. The number of benzene rings is 2. The molecule has 0 aliphatic rings. The molecular weight excluding hydrogens is 378 g/mol. The van der Waals surface area contributed by atoms with Crippen molar-refractivity contribution in [1.82, 2.24) is 0 Å². The Balaban J connectivity index is 2.28. The molecule has 2 aromatic rings. The fourth-order valence-electron chi connectivity index (χ4n) is 1.59.